The van der Waals surface area contributed by atoms with Crippen LogP contribution in [-0.4, -0.2) is 20.1 Å². The van der Waals surface area contributed by atoms with Crippen molar-refractivity contribution in [1.29, 1.82) is 0 Å². The van der Waals surface area contributed by atoms with E-state index in [0.29, 0.717) is 0 Å². The first kappa shape index (κ1) is 11.8. The van der Waals surface area contributed by atoms with E-state index in [-0.39, 0.29) is 5.54 Å². The SMILES string of the molecule is CC(C)(C)NCc1cncn1-c1ccncc1. The second-order valence-electron chi connectivity index (χ2n) is 5.06. The number of aromatic nitrogens is 3. The molecule has 0 aliphatic carbocycles. The van der Waals surface area contributed by atoms with Crippen molar-refractivity contribution in [2.75, 3.05) is 0 Å². The van der Waals surface area contributed by atoms with Crippen molar-refractivity contribution in [3.05, 3.63) is 42.7 Å². The van der Waals surface area contributed by atoms with Gasteiger partial charge < -0.3 is 9.88 Å². The Kier molecular flexibility index (Phi) is 3.24. The highest BCUT2D eigenvalue weighted by molar-refractivity contribution is 5.31. The van der Waals surface area contributed by atoms with Crippen LogP contribution < -0.4 is 5.32 Å². The molecule has 0 bridgehead atoms. The third-order valence-corrected chi connectivity index (χ3v) is 2.46. The quantitative estimate of drug-likeness (QED) is 0.878. The summed E-state index contributed by atoms with van der Waals surface area (Å²) in [6.07, 6.45) is 7.29. The minimum atomic E-state index is 0.105. The molecule has 0 unspecified atom stereocenters. The number of imidazole rings is 1. The largest absolute Gasteiger partial charge is 0.306 e. The maximum atomic E-state index is 4.20. The Morgan fingerprint density at radius 3 is 2.53 bits per heavy atom. The summed E-state index contributed by atoms with van der Waals surface area (Å²) in [4.78, 5) is 8.22. The molecule has 0 saturated carbocycles. The number of hydrogen-bond acceptors (Lipinski definition) is 3. The lowest BCUT2D eigenvalue weighted by molar-refractivity contribution is 0.419. The molecule has 0 amide bonds. The van der Waals surface area contributed by atoms with Crippen LogP contribution >= 0.6 is 0 Å². The summed E-state index contributed by atoms with van der Waals surface area (Å²) in [6, 6.07) is 3.95. The Labute approximate surface area is 102 Å². The highest BCUT2D eigenvalue weighted by atomic mass is 15.1. The molecule has 17 heavy (non-hydrogen) atoms. The van der Waals surface area contributed by atoms with Gasteiger partial charge in [0.25, 0.3) is 0 Å². The molecule has 0 atom stereocenters. The van der Waals surface area contributed by atoms with Gasteiger partial charge in [-0.25, -0.2) is 4.98 Å². The van der Waals surface area contributed by atoms with Crippen molar-refractivity contribution < 1.29 is 0 Å². The molecular weight excluding hydrogens is 212 g/mol. The van der Waals surface area contributed by atoms with Gasteiger partial charge in [0.1, 0.15) is 0 Å². The molecule has 0 radical (unpaired) electrons. The summed E-state index contributed by atoms with van der Waals surface area (Å²) in [5.41, 5.74) is 2.34. The van der Waals surface area contributed by atoms with Crippen LogP contribution in [0.1, 0.15) is 26.5 Å². The van der Waals surface area contributed by atoms with E-state index in [9.17, 15) is 0 Å². The Hall–Kier alpha value is -1.68. The van der Waals surface area contributed by atoms with Gasteiger partial charge in [-0.3, -0.25) is 4.98 Å². The Morgan fingerprint density at radius 2 is 1.88 bits per heavy atom. The third-order valence-electron chi connectivity index (χ3n) is 2.46. The molecule has 4 nitrogen and oxygen atoms in total. The van der Waals surface area contributed by atoms with Crippen LogP contribution in [-0.2, 0) is 6.54 Å². The molecule has 0 aliphatic rings. The number of pyridine rings is 1. The number of nitrogens with zero attached hydrogens (tertiary/aromatic N) is 3. The molecule has 4 heteroatoms. The average Bonchev–Trinajstić information content (AvgIpc) is 2.75. The minimum Gasteiger partial charge on any atom is -0.306 e. The summed E-state index contributed by atoms with van der Waals surface area (Å²) in [5, 5.41) is 3.46. The highest BCUT2D eigenvalue weighted by Gasteiger charge is 2.11. The van der Waals surface area contributed by atoms with E-state index >= 15 is 0 Å². The highest BCUT2D eigenvalue weighted by Crippen LogP contribution is 2.11. The molecule has 90 valence electrons. The molecule has 0 aliphatic heterocycles. The van der Waals surface area contributed by atoms with Gasteiger partial charge in [-0.15, -0.1) is 0 Å². The van der Waals surface area contributed by atoms with Crippen LogP contribution in [0.2, 0.25) is 0 Å². The first-order chi connectivity index (χ1) is 8.06. The smallest absolute Gasteiger partial charge is 0.0994 e. The Balaban J connectivity index is 2.18. The van der Waals surface area contributed by atoms with Gasteiger partial charge in [0, 0.05) is 36.4 Å². The molecule has 2 aromatic rings. The molecule has 1 N–H and O–H groups in total. The maximum Gasteiger partial charge on any atom is 0.0994 e. The van der Waals surface area contributed by atoms with Crippen molar-refractivity contribution in [2.24, 2.45) is 0 Å². The summed E-state index contributed by atoms with van der Waals surface area (Å²) < 4.78 is 2.07. The van der Waals surface area contributed by atoms with Gasteiger partial charge in [-0.2, -0.15) is 0 Å². The minimum absolute atomic E-state index is 0.105. The average molecular weight is 230 g/mol. The molecule has 0 saturated heterocycles. The zero-order valence-electron chi connectivity index (χ0n) is 10.5. The number of rotatable bonds is 3. The van der Waals surface area contributed by atoms with Crippen LogP contribution in [0.3, 0.4) is 0 Å². The summed E-state index contributed by atoms with van der Waals surface area (Å²) in [6.45, 7) is 7.26. The van der Waals surface area contributed by atoms with Crippen LogP contribution in [0, 0.1) is 0 Å². The predicted octanol–water partition coefficient (Wildman–Crippen LogP) is 2.16. The first-order valence-corrected chi connectivity index (χ1v) is 5.73. The first-order valence-electron chi connectivity index (χ1n) is 5.73. The summed E-state index contributed by atoms with van der Waals surface area (Å²) in [7, 11) is 0. The molecule has 2 heterocycles. The zero-order valence-corrected chi connectivity index (χ0v) is 10.5. The molecular formula is C13H18N4. The van der Waals surface area contributed by atoms with E-state index in [1.165, 1.54) is 0 Å². The summed E-state index contributed by atoms with van der Waals surface area (Å²) >= 11 is 0. The second-order valence-corrected chi connectivity index (χ2v) is 5.06. The lowest BCUT2D eigenvalue weighted by Crippen LogP contribution is -2.35. The fourth-order valence-corrected chi connectivity index (χ4v) is 1.55. The van der Waals surface area contributed by atoms with Crippen molar-refractivity contribution in [3.63, 3.8) is 0 Å². The van der Waals surface area contributed by atoms with E-state index in [2.05, 4.69) is 40.6 Å². The molecule has 0 fully saturated rings. The lowest BCUT2D eigenvalue weighted by Gasteiger charge is -2.20. The van der Waals surface area contributed by atoms with E-state index in [4.69, 9.17) is 0 Å². The normalized spacial score (nSPS) is 11.7. The molecule has 0 spiro atoms. The fourth-order valence-electron chi connectivity index (χ4n) is 1.55. The second kappa shape index (κ2) is 4.67. The van der Waals surface area contributed by atoms with Crippen molar-refractivity contribution in [1.82, 2.24) is 19.9 Å². The predicted molar refractivity (Wildman–Crippen MR) is 68.0 cm³/mol. The van der Waals surface area contributed by atoms with Crippen LogP contribution in [0.5, 0.6) is 0 Å². The molecule has 2 rings (SSSR count). The van der Waals surface area contributed by atoms with Crippen molar-refractivity contribution in [2.45, 2.75) is 32.9 Å². The summed E-state index contributed by atoms with van der Waals surface area (Å²) in [5.74, 6) is 0. The van der Waals surface area contributed by atoms with Gasteiger partial charge in [-0.1, -0.05) is 0 Å². The molecule has 0 aromatic carbocycles. The van der Waals surface area contributed by atoms with E-state index < -0.39 is 0 Å². The van der Waals surface area contributed by atoms with E-state index in [1.807, 2.05) is 24.7 Å². The van der Waals surface area contributed by atoms with E-state index in [0.717, 1.165) is 17.9 Å². The van der Waals surface area contributed by atoms with Gasteiger partial charge in [-0.05, 0) is 32.9 Å². The van der Waals surface area contributed by atoms with Gasteiger partial charge in [0.05, 0.1) is 12.0 Å². The zero-order chi connectivity index (χ0) is 12.3. The third kappa shape index (κ3) is 3.14. The van der Waals surface area contributed by atoms with Crippen LogP contribution in [0.25, 0.3) is 5.69 Å². The Morgan fingerprint density at radius 1 is 1.18 bits per heavy atom. The number of nitrogens with one attached hydrogen (secondary N) is 1. The van der Waals surface area contributed by atoms with Crippen molar-refractivity contribution >= 4 is 0 Å². The molecule has 2 aromatic heterocycles. The van der Waals surface area contributed by atoms with Gasteiger partial charge in [0.2, 0.25) is 0 Å². The fraction of sp³-hybridized carbons (Fsp3) is 0.385. The lowest BCUT2D eigenvalue weighted by atomic mass is 10.1. The van der Waals surface area contributed by atoms with Crippen LogP contribution in [0.4, 0.5) is 0 Å². The van der Waals surface area contributed by atoms with E-state index in [1.54, 1.807) is 12.4 Å². The van der Waals surface area contributed by atoms with Gasteiger partial charge >= 0.3 is 0 Å². The number of hydrogen-bond donors (Lipinski definition) is 1. The topological polar surface area (TPSA) is 42.7 Å². The monoisotopic (exact) mass is 230 g/mol. The van der Waals surface area contributed by atoms with Gasteiger partial charge in [0.15, 0.2) is 0 Å². The standard InChI is InChI=1S/C13H18N4/c1-13(2,3)16-9-12-8-15-10-17(12)11-4-6-14-7-5-11/h4-8,10,16H,9H2,1-3H3. The Bertz CT molecular complexity index is 468. The van der Waals surface area contributed by atoms with Crippen molar-refractivity contribution in [3.8, 4) is 5.69 Å². The van der Waals surface area contributed by atoms with Crippen LogP contribution in [0.15, 0.2) is 37.1 Å². The maximum absolute atomic E-state index is 4.20.